The van der Waals surface area contributed by atoms with Gasteiger partial charge in [-0.05, 0) is 30.9 Å². The number of carboxylic acid groups (broad SMARTS) is 1. The highest BCUT2D eigenvalue weighted by molar-refractivity contribution is 6.35. The highest BCUT2D eigenvalue weighted by Gasteiger charge is 2.35. The first-order valence-corrected chi connectivity index (χ1v) is 9.15. The Kier molecular flexibility index (Phi) is 4.43. The average Bonchev–Trinajstić information content (AvgIpc) is 3.49. The second kappa shape index (κ2) is 6.65. The van der Waals surface area contributed by atoms with Crippen LogP contribution < -0.4 is 16.3 Å². The maximum absolute atomic E-state index is 14.3. The first kappa shape index (κ1) is 18.0. The molecule has 0 bridgehead atoms. The van der Waals surface area contributed by atoms with Crippen molar-refractivity contribution in [1.29, 1.82) is 0 Å². The van der Waals surface area contributed by atoms with Crippen molar-refractivity contribution in [1.82, 2.24) is 14.6 Å². The SMILES string of the molecule is NC(c1nc2c(F)ccc(Cl)c2c(=O)n1N1CCN(C(=O)O)CC1)C1CC1. The summed E-state index contributed by atoms with van der Waals surface area (Å²) in [4.78, 5) is 30.0. The molecule has 10 heteroatoms. The highest BCUT2D eigenvalue weighted by Crippen LogP contribution is 2.39. The van der Waals surface area contributed by atoms with E-state index in [9.17, 15) is 14.0 Å². The second-order valence-corrected chi connectivity index (χ2v) is 7.33. The minimum atomic E-state index is -1.00. The Bertz CT molecular complexity index is 969. The average molecular weight is 396 g/mol. The largest absolute Gasteiger partial charge is 0.465 e. The van der Waals surface area contributed by atoms with E-state index >= 15 is 0 Å². The number of carbonyl (C=O) groups is 1. The fourth-order valence-electron chi connectivity index (χ4n) is 3.47. The topological polar surface area (TPSA) is 105 Å². The predicted octanol–water partition coefficient (Wildman–Crippen LogP) is 1.53. The third-order valence-electron chi connectivity index (χ3n) is 5.16. The summed E-state index contributed by atoms with van der Waals surface area (Å²) in [6.07, 6.45) is 0.860. The molecule has 2 fully saturated rings. The molecule has 1 amide bonds. The van der Waals surface area contributed by atoms with Crippen molar-refractivity contribution in [2.45, 2.75) is 18.9 Å². The van der Waals surface area contributed by atoms with Crippen LogP contribution in [-0.2, 0) is 0 Å². The van der Waals surface area contributed by atoms with E-state index in [0.717, 1.165) is 12.8 Å². The third-order valence-corrected chi connectivity index (χ3v) is 5.48. The molecular formula is C17H19ClFN5O3. The van der Waals surface area contributed by atoms with Crippen LogP contribution in [0.3, 0.4) is 0 Å². The van der Waals surface area contributed by atoms with E-state index in [1.807, 2.05) is 0 Å². The molecule has 2 heterocycles. The lowest BCUT2D eigenvalue weighted by Gasteiger charge is -2.36. The van der Waals surface area contributed by atoms with Gasteiger partial charge in [-0.15, -0.1) is 0 Å². The van der Waals surface area contributed by atoms with Crippen molar-refractivity contribution in [3.63, 3.8) is 0 Å². The van der Waals surface area contributed by atoms with E-state index in [0.29, 0.717) is 18.9 Å². The Morgan fingerprint density at radius 1 is 1.30 bits per heavy atom. The van der Waals surface area contributed by atoms with Crippen LogP contribution in [0.15, 0.2) is 16.9 Å². The van der Waals surface area contributed by atoms with E-state index in [2.05, 4.69) is 4.98 Å². The molecule has 1 aliphatic carbocycles. The number of amides is 1. The standard InChI is InChI=1S/C17H19ClFN5O3/c18-10-3-4-11(19)14-12(10)16(25)24(15(21-14)13(20)9-1-2-9)23-7-5-22(6-8-23)17(26)27/h3-4,9,13H,1-2,5-8,20H2,(H,26,27). The maximum atomic E-state index is 14.3. The number of benzene rings is 1. The zero-order chi connectivity index (χ0) is 19.3. The predicted molar refractivity (Wildman–Crippen MR) is 98.2 cm³/mol. The van der Waals surface area contributed by atoms with Crippen LogP contribution in [0.2, 0.25) is 5.02 Å². The maximum Gasteiger partial charge on any atom is 0.407 e. The summed E-state index contributed by atoms with van der Waals surface area (Å²) in [6.45, 7) is 1.09. The lowest BCUT2D eigenvalue weighted by atomic mass is 10.1. The monoisotopic (exact) mass is 395 g/mol. The molecule has 27 heavy (non-hydrogen) atoms. The number of halogens is 2. The van der Waals surface area contributed by atoms with Crippen LogP contribution in [0.4, 0.5) is 9.18 Å². The van der Waals surface area contributed by atoms with Gasteiger partial charge in [-0.1, -0.05) is 11.6 Å². The summed E-state index contributed by atoms with van der Waals surface area (Å²) in [5, 5.41) is 11.0. The Balaban J connectivity index is 1.86. The van der Waals surface area contributed by atoms with Crippen LogP contribution in [0, 0.1) is 11.7 Å². The highest BCUT2D eigenvalue weighted by atomic mass is 35.5. The molecule has 1 unspecified atom stereocenters. The van der Waals surface area contributed by atoms with E-state index in [1.54, 1.807) is 5.01 Å². The quantitative estimate of drug-likeness (QED) is 0.816. The van der Waals surface area contributed by atoms with Gasteiger partial charge in [0.25, 0.3) is 5.56 Å². The number of hydrogen-bond acceptors (Lipinski definition) is 5. The molecular weight excluding hydrogens is 377 g/mol. The lowest BCUT2D eigenvalue weighted by molar-refractivity contribution is 0.139. The number of nitrogens with two attached hydrogens (primary N) is 1. The number of piperazine rings is 1. The molecule has 1 atom stereocenters. The normalized spacial score (nSPS) is 18.8. The van der Waals surface area contributed by atoms with Crippen molar-refractivity contribution in [2.75, 3.05) is 31.2 Å². The van der Waals surface area contributed by atoms with Gasteiger partial charge in [0, 0.05) is 13.1 Å². The molecule has 3 N–H and O–H groups in total. The third kappa shape index (κ3) is 3.10. The molecule has 1 aromatic heterocycles. The van der Waals surface area contributed by atoms with Crippen LogP contribution in [0.1, 0.15) is 24.7 Å². The Hall–Kier alpha value is -2.39. The van der Waals surface area contributed by atoms with E-state index in [4.69, 9.17) is 22.4 Å². The number of aromatic nitrogens is 2. The van der Waals surface area contributed by atoms with Gasteiger partial charge < -0.3 is 20.7 Å². The second-order valence-electron chi connectivity index (χ2n) is 6.93. The molecule has 2 aliphatic rings. The van der Waals surface area contributed by atoms with Crippen LogP contribution in [-0.4, -0.2) is 51.9 Å². The summed E-state index contributed by atoms with van der Waals surface area (Å²) < 4.78 is 15.7. The van der Waals surface area contributed by atoms with Gasteiger partial charge in [-0.2, -0.15) is 0 Å². The summed E-state index contributed by atoms with van der Waals surface area (Å²) >= 11 is 6.16. The smallest absolute Gasteiger partial charge is 0.407 e. The molecule has 8 nitrogen and oxygen atoms in total. The molecule has 1 aromatic carbocycles. The molecule has 2 aromatic rings. The summed E-state index contributed by atoms with van der Waals surface area (Å²) in [7, 11) is 0. The fourth-order valence-corrected chi connectivity index (χ4v) is 3.70. The molecule has 144 valence electrons. The van der Waals surface area contributed by atoms with Gasteiger partial charge >= 0.3 is 6.09 Å². The number of rotatable bonds is 3. The van der Waals surface area contributed by atoms with Crippen molar-refractivity contribution in [2.24, 2.45) is 11.7 Å². The zero-order valence-electron chi connectivity index (χ0n) is 14.4. The molecule has 0 spiro atoms. The number of hydrogen-bond donors (Lipinski definition) is 2. The van der Waals surface area contributed by atoms with Crippen LogP contribution >= 0.6 is 11.6 Å². The molecule has 1 saturated carbocycles. The fraction of sp³-hybridized carbons (Fsp3) is 0.471. The summed E-state index contributed by atoms with van der Waals surface area (Å²) in [5.74, 6) is -0.137. The van der Waals surface area contributed by atoms with Crippen molar-refractivity contribution < 1.29 is 14.3 Å². The van der Waals surface area contributed by atoms with Crippen LogP contribution in [0.25, 0.3) is 10.9 Å². The minimum absolute atomic E-state index is 0.00378. The van der Waals surface area contributed by atoms with Crippen LogP contribution in [0.5, 0.6) is 0 Å². The van der Waals surface area contributed by atoms with E-state index < -0.39 is 23.5 Å². The number of fused-ring (bicyclic) bond motifs is 1. The Morgan fingerprint density at radius 2 is 1.96 bits per heavy atom. The van der Waals surface area contributed by atoms with Crippen molar-refractivity contribution in [3.8, 4) is 0 Å². The first-order chi connectivity index (χ1) is 12.9. The van der Waals surface area contributed by atoms with Gasteiger partial charge in [0.1, 0.15) is 17.2 Å². The Morgan fingerprint density at radius 3 is 2.56 bits per heavy atom. The van der Waals surface area contributed by atoms with Crippen molar-refractivity contribution >= 4 is 28.6 Å². The van der Waals surface area contributed by atoms with Gasteiger partial charge in [0.05, 0.1) is 29.5 Å². The van der Waals surface area contributed by atoms with E-state index in [1.165, 1.54) is 21.7 Å². The minimum Gasteiger partial charge on any atom is -0.465 e. The summed E-state index contributed by atoms with van der Waals surface area (Å²) in [5.41, 5.74) is 5.75. The molecule has 4 rings (SSSR count). The van der Waals surface area contributed by atoms with Gasteiger partial charge in [-0.25, -0.2) is 18.8 Å². The van der Waals surface area contributed by atoms with Gasteiger partial charge in [0.15, 0.2) is 0 Å². The first-order valence-electron chi connectivity index (χ1n) is 8.78. The molecule has 1 saturated heterocycles. The Labute approximate surface area is 158 Å². The lowest BCUT2D eigenvalue weighted by Crippen LogP contribution is -2.56. The zero-order valence-corrected chi connectivity index (χ0v) is 15.2. The van der Waals surface area contributed by atoms with Crippen molar-refractivity contribution in [3.05, 3.63) is 39.2 Å². The summed E-state index contributed by atoms with van der Waals surface area (Å²) in [6, 6.07) is 2.01. The number of nitrogens with zero attached hydrogens (tertiary/aromatic N) is 4. The van der Waals surface area contributed by atoms with Gasteiger partial charge in [0.2, 0.25) is 0 Å². The van der Waals surface area contributed by atoms with E-state index in [-0.39, 0.29) is 34.9 Å². The van der Waals surface area contributed by atoms with Gasteiger partial charge in [-0.3, -0.25) is 4.79 Å². The molecule has 1 aliphatic heterocycles. The molecule has 0 radical (unpaired) electrons.